The summed E-state index contributed by atoms with van der Waals surface area (Å²) in [6.07, 6.45) is 0.920. The first-order chi connectivity index (χ1) is 12.1. The van der Waals surface area contributed by atoms with E-state index in [0.717, 1.165) is 29.6 Å². The summed E-state index contributed by atoms with van der Waals surface area (Å²) in [4.78, 5) is 14.1. The molecule has 25 heavy (non-hydrogen) atoms. The van der Waals surface area contributed by atoms with Crippen LogP contribution >= 0.6 is 0 Å². The minimum atomic E-state index is -0.292. The van der Waals surface area contributed by atoms with Crippen LogP contribution in [-0.4, -0.2) is 24.3 Å². The van der Waals surface area contributed by atoms with Gasteiger partial charge >= 0.3 is 5.97 Å². The van der Waals surface area contributed by atoms with Crippen LogP contribution in [0.15, 0.2) is 40.9 Å². The molecular weight excluding hydrogens is 316 g/mol. The van der Waals surface area contributed by atoms with Crippen molar-refractivity contribution < 1.29 is 14.1 Å². The molecule has 0 saturated heterocycles. The third-order valence-electron chi connectivity index (χ3n) is 4.93. The van der Waals surface area contributed by atoms with Crippen LogP contribution < -0.4 is 4.90 Å². The number of anilines is 1. The summed E-state index contributed by atoms with van der Waals surface area (Å²) in [5.74, 6) is -0.292. The van der Waals surface area contributed by atoms with Crippen molar-refractivity contribution in [3.05, 3.63) is 58.8 Å². The fourth-order valence-corrected chi connectivity index (χ4v) is 3.58. The van der Waals surface area contributed by atoms with Crippen molar-refractivity contribution in [2.75, 3.05) is 12.0 Å². The summed E-state index contributed by atoms with van der Waals surface area (Å²) in [5, 5.41) is 5.08. The molecule has 1 aliphatic heterocycles. The van der Waals surface area contributed by atoms with E-state index in [4.69, 9.17) is 9.26 Å². The van der Waals surface area contributed by atoms with Crippen molar-refractivity contribution in [3.63, 3.8) is 0 Å². The molecule has 0 amide bonds. The first-order valence-corrected chi connectivity index (χ1v) is 8.39. The van der Waals surface area contributed by atoms with E-state index in [1.165, 1.54) is 23.9 Å². The lowest BCUT2D eigenvalue weighted by Crippen LogP contribution is -2.28. The van der Waals surface area contributed by atoms with Crippen LogP contribution in [0.2, 0.25) is 0 Å². The number of hydrogen-bond donors (Lipinski definition) is 0. The minimum Gasteiger partial charge on any atom is -0.465 e. The molecule has 4 rings (SSSR count). The zero-order valence-electron chi connectivity index (χ0n) is 14.6. The molecule has 1 atom stereocenters. The second-order valence-corrected chi connectivity index (χ2v) is 6.61. The van der Waals surface area contributed by atoms with E-state index in [2.05, 4.69) is 35.2 Å². The standard InChI is InChI=1S/C20H20N2O3/c1-12-8-16-10-15(20(23)24-3)5-7-18(16)22(12)11-14-4-6-17-13(2)21-25-19(17)9-14/h4-7,9-10,12H,8,11H2,1-3H3/t12-/m1/s1. The maximum Gasteiger partial charge on any atom is 0.337 e. The van der Waals surface area contributed by atoms with Gasteiger partial charge in [-0.3, -0.25) is 0 Å². The van der Waals surface area contributed by atoms with Crippen LogP contribution in [0.3, 0.4) is 0 Å². The van der Waals surface area contributed by atoms with Gasteiger partial charge in [-0.05, 0) is 61.7 Å². The smallest absolute Gasteiger partial charge is 0.337 e. The molecule has 5 heteroatoms. The summed E-state index contributed by atoms with van der Waals surface area (Å²) in [7, 11) is 1.41. The molecular formula is C20H20N2O3. The summed E-state index contributed by atoms with van der Waals surface area (Å²) in [6, 6.07) is 12.4. The number of aryl methyl sites for hydroxylation is 1. The maximum absolute atomic E-state index is 11.7. The van der Waals surface area contributed by atoms with E-state index in [0.29, 0.717) is 11.6 Å². The molecule has 1 aromatic heterocycles. The number of carbonyl (C=O) groups is 1. The molecule has 0 N–H and O–H groups in total. The van der Waals surface area contributed by atoms with Gasteiger partial charge in [-0.15, -0.1) is 0 Å². The third-order valence-corrected chi connectivity index (χ3v) is 4.93. The van der Waals surface area contributed by atoms with Gasteiger partial charge < -0.3 is 14.2 Å². The zero-order chi connectivity index (χ0) is 17.6. The number of carbonyl (C=O) groups excluding carboxylic acids is 1. The number of aromatic nitrogens is 1. The largest absolute Gasteiger partial charge is 0.465 e. The van der Waals surface area contributed by atoms with E-state index in [-0.39, 0.29) is 5.97 Å². The van der Waals surface area contributed by atoms with E-state index in [1.807, 2.05) is 25.1 Å². The van der Waals surface area contributed by atoms with Crippen LogP contribution in [0.4, 0.5) is 5.69 Å². The van der Waals surface area contributed by atoms with Crippen LogP contribution in [0.25, 0.3) is 11.0 Å². The number of methoxy groups -OCH3 is 1. The maximum atomic E-state index is 11.7. The highest BCUT2D eigenvalue weighted by Crippen LogP contribution is 2.34. The Balaban J connectivity index is 1.63. The molecule has 0 fully saturated rings. The van der Waals surface area contributed by atoms with Gasteiger partial charge in [-0.2, -0.15) is 0 Å². The second kappa shape index (κ2) is 5.92. The Morgan fingerprint density at radius 2 is 2.16 bits per heavy atom. The molecule has 0 radical (unpaired) electrons. The fraction of sp³-hybridized carbons (Fsp3) is 0.300. The van der Waals surface area contributed by atoms with Crippen LogP contribution in [-0.2, 0) is 17.7 Å². The average Bonchev–Trinajstić information content (AvgIpc) is 3.14. The molecule has 128 valence electrons. The highest BCUT2D eigenvalue weighted by molar-refractivity contribution is 5.90. The first-order valence-electron chi connectivity index (χ1n) is 8.39. The van der Waals surface area contributed by atoms with Gasteiger partial charge in [-0.25, -0.2) is 4.79 Å². The molecule has 2 heterocycles. The fourth-order valence-electron chi connectivity index (χ4n) is 3.58. The van der Waals surface area contributed by atoms with Crippen molar-refractivity contribution in [1.82, 2.24) is 5.16 Å². The van der Waals surface area contributed by atoms with Gasteiger partial charge in [0.2, 0.25) is 0 Å². The van der Waals surface area contributed by atoms with Crippen LogP contribution in [0, 0.1) is 6.92 Å². The number of ether oxygens (including phenoxy) is 1. The Bertz CT molecular complexity index is 961. The predicted molar refractivity (Wildman–Crippen MR) is 95.9 cm³/mol. The van der Waals surface area contributed by atoms with Crippen LogP contribution in [0.5, 0.6) is 0 Å². The number of nitrogens with zero attached hydrogens (tertiary/aromatic N) is 2. The third kappa shape index (κ3) is 2.65. The molecule has 5 nitrogen and oxygen atoms in total. The molecule has 2 aromatic carbocycles. The lowest BCUT2D eigenvalue weighted by atomic mass is 10.1. The quantitative estimate of drug-likeness (QED) is 0.680. The lowest BCUT2D eigenvalue weighted by molar-refractivity contribution is 0.0600. The highest BCUT2D eigenvalue weighted by Gasteiger charge is 2.27. The van der Waals surface area contributed by atoms with Crippen molar-refractivity contribution in [1.29, 1.82) is 0 Å². The molecule has 0 unspecified atom stereocenters. The van der Waals surface area contributed by atoms with Gasteiger partial charge in [0.15, 0.2) is 5.58 Å². The van der Waals surface area contributed by atoms with Crippen molar-refractivity contribution in [2.24, 2.45) is 0 Å². The summed E-state index contributed by atoms with van der Waals surface area (Å²) < 4.78 is 10.2. The summed E-state index contributed by atoms with van der Waals surface area (Å²) in [6.45, 7) is 4.94. The van der Waals surface area contributed by atoms with Crippen molar-refractivity contribution in [2.45, 2.75) is 32.9 Å². The van der Waals surface area contributed by atoms with Gasteiger partial charge in [0.1, 0.15) is 0 Å². The van der Waals surface area contributed by atoms with Crippen molar-refractivity contribution in [3.8, 4) is 0 Å². The normalized spacial score (nSPS) is 16.3. The van der Waals surface area contributed by atoms with E-state index in [9.17, 15) is 4.79 Å². The number of fused-ring (bicyclic) bond motifs is 2. The number of hydrogen-bond acceptors (Lipinski definition) is 5. The Morgan fingerprint density at radius 3 is 2.96 bits per heavy atom. The number of esters is 1. The predicted octanol–water partition coefficient (Wildman–Crippen LogP) is 3.87. The van der Waals surface area contributed by atoms with Gasteiger partial charge in [0.25, 0.3) is 0 Å². The highest BCUT2D eigenvalue weighted by atomic mass is 16.5. The lowest BCUT2D eigenvalue weighted by Gasteiger charge is -2.25. The van der Waals surface area contributed by atoms with E-state index < -0.39 is 0 Å². The topological polar surface area (TPSA) is 55.6 Å². The molecule has 0 aliphatic carbocycles. The number of benzene rings is 2. The zero-order valence-corrected chi connectivity index (χ0v) is 14.6. The second-order valence-electron chi connectivity index (χ2n) is 6.61. The van der Waals surface area contributed by atoms with E-state index >= 15 is 0 Å². The first kappa shape index (κ1) is 15.7. The van der Waals surface area contributed by atoms with E-state index in [1.54, 1.807) is 0 Å². The van der Waals surface area contributed by atoms with Crippen LogP contribution in [0.1, 0.15) is 34.1 Å². The molecule has 1 aliphatic rings. The molecule has 0 saturated carbocycles. The SMILES string of the molecule is COC(=O)c1ccc2c(c1)C[C@@H](C)N2Cc1ccc2c(C)noc2c1. The Morgan fingerprint density at radius 1 is 1.32 bits per heavy atom. The van der Waals surface area contributed by atoms with Crippen molar-refractivity contribution >= 4 is 22.6 Å². The molecule has 0 spiro atoms. The van der Waals surface area contributed by atoms with Gasteiger partial charge in [0.05, 0.1) is 18.4 Å². The van der Waals surface area contributed by atoms with Gasteiger partial charge in [0, 0.05) is 23.7 Å². The Labute approximate surface area is 146 Å². The molecule has 0 bridgehead atoms. The minimum absolute atomic E-state index is 0.292. The summed E-state index contributed by atoms with van der Waals surface area (Å²) in [5.41, 5.74) is 5.88. The summed E-state index contributed by atoms with van der Waals surface area (Å²) >= 11 is 0. The Hall–Kier alpha value is -2.82. The monoisotopic (exact) mass is 336 g/mol. The Kier molecular flexibility index (Phi) is 3.71. The molecule has 3 aromatic rings. The average molecular weight is 336 g/mol. The number of rotatable bonds is 3. The van der Waals surface area contributed by atoms with Gasteiger partial charge in [-0.1, -0.05) is 11.2 Å².